The molecule has 0 saturated heterocycles. The third kappa shape index (κ3) is 3.14. The Labute approximate surface area is 178 Å². The minimum atomic E-state index is -0.881. The minimum absolute atomic E-state index is 0.0273. The Hall–Kier alpha value is -3.56. The largest absolute Gasteiger partial charge is 0.504 e. The number of aromatic hydroxyl groups is 1. The molecule has 0 radical (unpaired) electrons. The first-order valence-corrected chi connectivity index (χ1v) is 9.21. The molecule has 0 aliphatic heterocycles. The van der Waals surface area contributed by atoms with Gasteiger partial charge in [0.15, 0.2) is 28.7 Å². The number of hydrogen-bond donors (Lipinski definition) is 3. The molecule has 0 fully saturated rings. The first-order valence-electron chi connectivity index (χ1n) is 8.46. The molecular formula is C19H13Cl2N5O4. The fraction of sp³-hybridized carbons (Fsp3) is 0.0526. The number of aromatic nitrogens is 4. The number of imidazole rings is 1. The molecule has 4 rings (SSSR count). The Bertz CT molecular complexity index is 1380. The summed E-state index contributed by atoms with van der Waals surface area (Å²) in [6, 6.07) is 9.28. The van der Waals surface area contributed by atoms with Gasteiger partial charge < -0.3 is 20.6 Å². The third-order valence-electron chi connectivity index (χ3n) is 4.39. The van der Waals surface area contributed by atoms with Crippen molar-refractivity contribution in [3.63, 3.8) is 0 Å². The van der Waals surface area contributed by atoms with E-state index in [1.807, 2.05) is 0 Å². The van der Waals surface area contributed by atoms with Gasteiger partial charge in [0.1, 0.15) is 5.52 Å². The number of H-pyrrole nitrogens is 1. The Morgan fingerprint density at radius 2 is 1.97 bits per heavy atom. The summed E-state index contributed by atoms with van der Waals surface area (Å²) in [5.74, 6) is -0.949. The molecule has 4 N–H and O–H groups in total. The van der Waals surface area contributed by atoms with Crippen molar-refractivity contribution < 1.29 is 14.6 Å². The Balaban J connectivity index is 2.07. The summed E-state index contributed by atoms with van der Waals surface area (Å²) in [7, 11) is 1.39. The zero-order valence-electron chi connectivity index (χ0n) is 15.3. The van der Waals surface area contributed by atoms with Gasteiger partial charge in [0.05, 0.1) is 28.4 Å². The summed E-state index contributed by atoms with van der Waals surface area (Å²) < 4.78 is 6.31. The van der Waals surface area contributed by atoms with Gasteiger partial charge in [-0.2, -0.15) is 0 Å². The number of nitrogens with one attached hydrogen (secondary N) is 1. The number of nitrogens with two attached hydrogens (primary N) is 1. The Kier molecular flexibility index (Phi) is 4.84. The molecule has 11 heteroatoms. The molecule has 0 unspecified atom stereocenters. The van der Waals surface area contributed by atoms with Gasteiger partial charge in [0.25, 0.3) is 5.91 Å². The van der Waals surface area contributed by atoms with Gasteiger partial charge in [-0.25, -0.2) is 19.3 Å². The van der Waals surface area contributed by atoms with Crippen molar-refractivity contribution in [1.82, 2.24) is 19.5 Å². The summed E-state index contributed by atoms with van der Waals surface area (Å²) in [6.07, 6.45) is 0. The number of aromatic amines is 1. The standard InChI is InChI=1S/C19H13Cl2N5O4/c1-30-12-4-2-3-9(15(12)27)17-23-13(16(22)28)14-18(25-17)26(19(29)24-14)8-5-6-10(20)11(21)7-8/h2-7,27H,1H3,(H2,22,28)(H,24,29). The maximum atomic E-state index is 12.7. The lowest BCUT2D eigenvalue weighted by Crippen LogP contribution is -2.15. The average Bonchev–Trinajstić information content (AvgIpc) is 3.05. The topological polar surface area (TPSA) is 136 Å². The lowest BCUT2D eigenvalue weighted by atomic mass is 10.1. The van der Waals surface area contributed by atoms with Crippen molar-refractivity contribution in [3.8, 4) is 28.6 Å². The first-order chi connectivity index (χ1) is 14.3. The van der Waals surface area contributed by atoms with Crippen LogP contribution in [0.5, 0.6) is 11.5 Å². The van der Waals surface area contributed by atoms with Crippen molar-refractivity contribution in [2.75, 3.05) is 7.11 Å². The Morgan fingerprint density at radius 1 is 1.20 bits per heavy atom. The molecule has 2 aromatic carbocycles. The van der Waals surface area contributed by atoms with E-state index in [-0.39, 0.29) is 44.8 Å². The zero-order chi connectivity index (χ0) is 21.6. The van der Waals surface area contributed by atoms with Gasteiger partial charge in [-0.3, -0.25) is 4.79 Å². The molecule has 152 valence electrons. The molecule has 1 amide bonds. The number of halogens is 2. The summed E-state index contributed by atoms with van der Waals surface area (Å²) in [6.45, 7) is 0. The summed E-state index contributed by atoms with van der Waals surface area (Å²) >= 11 is 12.1. The molecular weight excluding hydrogens is 433 g/mol. The van der Waals surface area contributed by atoms with Crippen LogP contribution in [0.2, 0.25) is 10.0 Å². The van der Waals surface area contributed by atoms with Crippen LogP contribution in [0.1, 0.15) is 10.5 Å². The molecule has 4 aromatic rings. The van der Waals surface area contributed by atoms with Crippen LogP contribution in [0.25, 0.3) is 28.2 Å². The van der Waals surface area contributed by atoms with Crippen molar-refractivity contribution >= 4 is 40.3 Å². The van der Waals surface area contributed by atoms with Crippen LogP contribution < -0.4 is 16.2 Å². The molecule has 9 nitrogen and oxygen atoms in total. The molecule has 0 aliphatic carbocycles. The highest BCUT2D eigenvalue weighted by Gasteiger charge is 2.22. The number of fused-ring (bicyclic) bond motifs is 1. The number of carbonyl (C=O) groups excluding carboxylic acids is 1. The van der Waals surface area contributed by atoms with Crippen LogP contribution in [0, 0.1) is 0 Å². The van der Waals surface area contributed by atoms with E-state index in [1.54, 1.807) is 18.2 Å². The lowest BCUT2D eigenvalue weighted by molar-refractivity contribution is 0.0997. The number of ether oxygens (including phenoxy) is 1. The minimum Gasteiger partial charge on any atom is -0.504 e. The van der Waals surface area contributed by atoms with E-state index in [4.69, 9.17) is 33.7 Å². The Morgan fingerprint density at radius 3 is 2.63 bits per heavy atom. The van der Waals surface area contributed by atoms with Gasteiger partial charge >= 0.3 is 5.69 Å². The van der Waals surface area contributed by atoms with Crippen LogP contribution in [0.15, 0.2) is 41.2 Å². The smallest absolute Gasteiger partial charge is 0.332 e. The van der Waals surface area contributed by atoms with Gasteiger partial charge in [0, 0.05) is 0 Å². The number of phenols is 1. The number of benzene rings is 2. The maximum absolute atomic E-state index is 12.7. The normalized spacial score (nSPS) is 11.0. The van der Waals surface area contributed by atoms with Crippen LogP contribution in [0.4, 0.5) is 0 Å². The number of nitrogens with zero attached hydrogens (tertiary/aromatic N) is 3. The fourth-order valence-corrected chi connectivity index (χ4v) is 3.31. The zero-order valence-corrected chi connectivity index (χ0v) is 16.8. The third-order valence-corrected chi connectivity index (χ3v) is 5.13. The van der Waals surface area contributed by atoms with E-state index in [1.165, 1.54) is 29.9 Å². The first kappa shape index (κ1) is 19.7. The number of carbonyl (C=O) groups is 1. The monoisotopic (exact) mass is 445 g/mol. The van der Waals surface area contributed by atoms with E-state index >= 15 is 0 Å². The number of amides is 1. The quantitative estimate of drug-likeness (QED) is 0.441. The van der Waals surface area contributed by atoms with Crippen LogP contribution in [0.3, 0.4) is 0 Å². The predicted molar refractivity (Wildman–Crippen MR) is 112 cm³/mol. The van der Waals surface area contributed by atoms with Gasteiger partial charge in [-0.1, -0.05) is 29.3 Å². The average molecular weight is 446 g/mol. The van der Waals surface area contributed by atoms with E-state index in [2.05, 4.69) is 15.0 Å². The summed E-state index contributed by atoms with van der Waals surface area (Å²) in [4.78, 5) is 35.8. The maximum Gasteiger partial charge on any atom is 0.332 e. The predicted octanol–water partition coefficient (Wildman–Crippen LogP) is 2.90. The van der Waals surface area contributed by atoms with E-state index in [9.17, 15) is 14.7 Å². The highest BCUT2D eigenvalue weighted by molar-refractivity contribution is 6.42. The van der Waals surface area contributed by atoms with Crippen molar-refractivity contribution in [1.29, 1.82) is 0 Å². The number of methoxy groups -OCH3 is 1. The molecule has 30 heavy (non-hydrogen) atoms. The van der Waals surface area contributed by atoms with Gasteiger partial charge in [-0.05, 0) is 30.3 Å². The molecule has 0 saturated carbocycles. The van der Waals surface area contributed by atoms with Crippen LogP contribution in [-0.2, 0) is 0 Å². The van der Waals surface area contributed by atoms with Crippen molar-refractivity contribution in [2.45, 2.75) is 0 Å². The van der Waals surface area contributed by atoms with Gasteiger partial charge in [0.2, 0.25) is 0 Å². The van der Waals surface area contributed by atoms with E-state index in [0.717, 1.165) is 0 Å². The summed E-state index contributed by atoms with van der Waals surface area (Å²) in [5.41, 5.74) is 5.33. The van der Waals surface area contributed by atoms with E-state index < -0.39 is 11.6 Å². The molecule has 0 spiro atoms. The molecule has 2 aromatic heterocycles. The summed E-state index contributed by atoms with van der Waals surface area (Å²) in [5, 5.41) is 11.0. The van der Waals surface area contributed by atoms with Crippen LogP contribution >= 0.6 is 23.2 Å². The number of rotatable bonds is 4. The van der Waals surface area contributed by atoms with Crippen molar-refractivity contribution in [2.24, 2.45) is 5.73 Å². The second-order valence-electron chi connectivity index (χ2n) is 6.18. The highest BCUT2D eigenvalue weighted by Crippen LogP contribution is 2.36. The number of primary amides is 1. The molecule has 2 heterocycles. The lowest BCUT2D eigenvalue weighted by Gasteiger charge is -2.10. The number of phenolic OH excluding ortho intramolecular Hbond substituents is 1. The molecule has 0 aliphatic rings. The van der Waals surface area contributed by atoms with E-state index in [0.29, 0.717) is 10.7 Å². The number of hydrogen-bond acceptors (Lipinski definition) is 6. The second kappa shape index (κ2) is 7.36. The van der Waals surface area contributed by atoms with Gasteiger partial charge in [-0.15, -0.1) is 0 Å². The molecule has 0 bridgehead atoms. The highest BCUT2D eigenvalue weighted by atomic mass is 35.5. The number of para-hydroxylation sites is 1. The van der Waals surface area contributed by atoms with Crippen molar-refractivity contribution in [3.05, 3.63) is 62.6 Å². The molecule has 0 atom stereocenters. The SMILES string of the molecule is COc1cccc(-c2nc(C(N)=O)c3[nH]c(=O)n(-c4ccc(Cl)c(Cl)c4)c3n2)c1O. The fourth-order valence-electron chi connectivity index (χ4n) is 3.01. The second-order valence-corrected chi connectivity index (χ2v) is 6.99. The van der Waals surface area contributed by atoms with Crippen LogP contribution in [-0.4, -0.2) is 37.6 Å².